The van der Waals surface area contributed by atoms with Gasteiger partial charge in [-0.2, -0.15) is 0 Å². The van der Waals surface area contributed by atoms with Gasteiger partial charge in [0, 0.05) is 0 Å². The van der Waals surface area contributed by atoms with Gasteiger partial charge in [-0.25, -0.2) is 4.79 Å². The Bertz CT molecular complexity index is 398. The number of hydrogen-bond acceptors (Lipinski definition) is 4. The largest absolute Gasteiger partial charge is 0.497 e. The van der Waals surface area contributed by atoms with Gasteiger partial charge in [-0.05, 0) is 29.2 Å². The third-order valence-corrected chi connectivity index (χ3v) is 2.59. The molecule has 0 amide bonds. The van der Waals surface area contributed by atoms with E-state index < -0.39 is 12.1 Å². The van der Waals surface area contributed by atoms with Crippen LogP contribution in [0, 0.1) is 0 Å². The van der Waals surface area contributed by atoms with E-state index in [2.05, 4.69) is 4.74 Å². The maximum atomic E-state index is 11.3. The molecule has 1 N–H and O–H groups in total. The van der Waals surface area contributed by atoms with Crippen molar-refractivity contribution >= 4 is 5.97 Å². The van der Waals surface area contributed by atoms with Crippen LogP contribution in [-0.2, 0) is 9.53 Å². The quantitative estimate of drug-likeness (QED) is 0.815. The highest BCUT2D eigenvalue weighted by molar-refractivity contribution is 5.76. The van der Waals surface area contributed by atoms with Crippen molar-refractivity contribution < 1.29 is 19.4 Å². The number of aliphatic hydroxyl groups is 1. The maximum Gasteiger partial charge on any atom is 0.339 e. The predicted octanol–water partition coefficient (Wildman–Crippen LogP) is 2.02. The van der Waals surface area contributed by atoms with Crippen molar-refractivity contribution in [2.75, 3.05) is 14.2 Å². The first-order chi connectivity index (χ1) is 7.99. The van der Waals surface area contributed by atoms with Crippen LogP contribution in [0.15, 0.2) is 18.2 Å². The molecule has 0 fully saturated rings. The Morgan fingerprint density at radius 1 is 1.18 bits per heavy atom. The Morgan fingerprint density at radius 2 is 1.76 bits per heavy atom. The van der Waals surface area contributed by atoms with Gasteiger partial charge in [0.15, 0.2) is 6.10 Å². The summed E-state index contributed by atoms with van der Waals surface area (Å²) in [6.45, 7) is 4.06. The first kappa shape index (κ1) is 13.5. The topological polar surface area (TPSA) is 55.8 Å². The molecule has 1 aromatic rings. The van der Waals surface area contributed by atoms with Crippen molar-refractivity contribution in [3.05, 3.63) is 29.3 Å². The van der Waals surface area contributed by atoms with Gasteiger partial charge in [-0.1, -0.05) is 19.9 Å². The van der Waals surface area contributed by atoms with E-state index in [0.29, 0.717) is 11.3 Å². The molecule has 0 saturated carbocycles. The van der Waals surface area contributed by atoms with Crippen LogP contribution in [0.1, 0.15) is 37.0 Å². The van der Waals surface area contributed by atoms with Crippen LogP contribution in [0.3, 0.4) is 0 Å². The standard InChI is InChI=1S/C13H18O4/c1-8(2)9-5-10(7-11(6-9)16-3)12(14)13(15)17-4/h5-8,12,14H,1-4H3. The molecule has 1 aromatic carbocycles. The molecule has 4 nitrogen and oxygen atoms in total. The van der Waals surface area contributed by atoms with Gasteiger partial charge in [0.2, 0.25) is 0 Å². The van der Waals surface area contributed by atoms with Crippen LogP contribution in [-0.4, -0.2) is 25.3 Å². The lowest BCUT2D eigenvalue weighted by molar-refractivity contribution is -0.150. The normalized spacial score (nSPS) is 12.4. The van der Waals surface area contributed by atoms with E-state index in [1.54, 1.807) is 19.2 Å². The predicted molar refractivity (Wildman–Crippen MR) is 64.1 cm³/mol. The summed E-state index contributed by atoms with van der Waals surface area (Å²) in [7, 11) is 2.79. The lowest BCUT2D eigenvalue weighted by atomic mass is 9.98. The van der Waals surface area contributed by atoms with Gasteiger partial charge < -0.3 is 14.6 Å². The molecule has 1 rings (SSSR count). The molecule has 0 aromatic heterocycles. The van der Waals surface area contributed by atoms with Crippen molar-refractivity contribution in [1.82, 2.24) is 0 Å². The van der Waals surface area contributed by atoms with Gasteiger partial charge in [0.05, 0.1) is 14.2 Å². The molecule has 0 radical (unpaired) electrons. The third-order valence-electron chi connectivity index (χ3n) is 2.59. The van der Waals surface area contributed by atoms with Crippen molar-refractivity contribution in [1.29, 1.82) is 0 Å². The molecular formula is C13H18O4. The second kappa shape index (κ2) is 5.68. The fourth-order valence-electron chi connectivity index (χ4n) is 1.50. The van der Waals surface area contributed by atoms with Crippen LogP contribution >= 0.6 is 0 Å². The number of benzene rings is 1. The molecule has 1 unspecified atom stereocenters. The Labute approximate surface area is 101 Å². The average molecular weight is 238 g/mol. The summed E-state index contributed by atoms with van der Waals surface area (Å²) < 4.78 is 9.66. The zero-order valence-corrected chi connectivity index (χ0v) is 10.6. The minimum Gasteiger partial charge on any atom is -0.497 e. The molecule has 0 bridgehead atoms. The fourth-order valence-corrected chi connectivity index (χ4v) is 1.50. The second-order valence-corrected chi connectivity index (χ2v) is 4.12. The molecule has 0 saturated heterocycles. The lowest BCUT2D eigenvalue weighted by Gasteiger charge is -2.14. The number of hydrogen-bond donors (Lipinski definition) is 1. The first-order valence-corrected chi connectivity index (χ1v) is 5.44. The molecule has 4 heteroatoms. The average Bonchev–Trinajstić information content (AvgIpc) is 2.36. The van der Waals surface area contributed by atoms with Crippen LogP contribution in [0.2, 0.25) is 0 Å². The SMILES string of the molecule is COC(=O)C(O)c1cc(OC)cc(C(C)C)c1. The smallest absolute Gasteiger partial charge is 0.339 e. The summed E-state index contributed by atoms with van der Waals surface area (Å²) in [6, 6.07) is 5.31. The highest BCUT2D eigenvalue weighted by Crippen LogP contribution is 2.26. The van der Waals surface area contributed by atoms with Crippen LogP contribution in [0.4, 0.5) is 0 Å². The van der Waals surface area contributed by atoms with Crippen LogP contribution < -0.4 is 4.74 Å². The summed E-state index contributed by atoms with van der Waals surface area (Å²) in [5.41, 5.74) is 1.49. The van der Waals surface area contributed by atoms with Crippen molar-refractivity contribution in [2.45, 2.75) is 25.9 Å². The minimum atomic E-state index is -1.27. The van der Waals surface area contributed by atoms with E-state index in [-0.39, 0.29) is 5.92 Å². The number of rotatable bonds is 4. The van der Waals surface area contributed by atoms with Crippen LogP contribution in [0.25, 0.3) is 0 Å². The van der Waals surface area contributed by atoms with E-state index in [9.17, 15) is 9.90 Å². The molecule has 17 heavy (non-hydrogen) atoms. The van der Waals surface area contributed by atoms with Gasteiger partial charge in [0.1, 0.15) is 5.75 Å². The third kappa shape index (κ3) is 3.20. The van der Waals surface area contributed by atoms with E-state index in [0.717, 1.165) is 5.56 Å². The van der Waals surface area contributed by atoms with Crippen molar-refractivity contribution in [3.8, 4) is 5.75 Å². The zero-order valence-electron chi connectivity index (χ0n) is 10.6. The van der Waals surface area contributed by atoms with E-state index >= 15 is 0 Å². The van der Waals surface area contributed by atoms with Crippen LogP contribution in [0.5, 0.6) is 5.75 Å². The molecule has 0 aliphatic heterocycles. The maximum absolute atomic E-state index is 11.3. The molecule has 0 aliphatic rings. The molecule has 0 heterocycles. The molecule has 1 atom stereocenters. The summed E-state index contributed by atoms with van der Waals surface area (Å²) in [5, 5.41) is 9.79. The second-order valence-electron chi connectivity index (χ2n) is 4.12. The lowest BCUT2D eigenvalue weighted by Crippen LogP contribution is -2.14. The van der Waals surface area contributed by atoms with Crippen molar-refractivity contribution in [3.63, 3.8) is 0 Å². The Kier molecular flexibility index (Phi) is 4.52. The number of ether oxygens (including phenoxy) is 2. The molecule has 0 aliphatic carbocycles. The van der Waals surface area contributed by atoms with E-state index in [4.69, 9.17) is 4.74 Å². The molecule has 94 valence electrons. The number of carbonyl (C=O) groups excluding carboxylic acids is 1. The first-order valence-electron chi connectivity index (χ1n) is 5.44. The minimum absolute atomic E-state index is 0.286. The van der Waals surface area contributed by atoms with Crippen molar-refractivity contribution in [2.24, 2.45) is 0 Å². The van der Waals surface area contributed by atoms with Gasteiger partial charge >= 0.3 is 5.97 Å². The summed E-state index contributed by atoms with van der Waals surface area (Å²) in [4.78, 5) is 11.3. The van der Waals surface area contributed by atoms with E-state index in [1.165, 1.54) is 7.11 Å². The number of aliphatic hydroxyl groups excluding tert-OH is 1. The highest BCUT2D eigenvalue weighted by atomic mass is 16.5. The van der Waals surface area contributed by atoms with Gasteiger partial charge in [-0.15, -0.1) is 0 Å². The van der Waals surface area contributed by atoms with Gasteiger partial charge in [-0.3, -0.25) is 0 Å². The zero-order chi connectivity index (χ0) is 13.0. The monoisotopic (exact) mass is 238 g/mol. The summed E-state index contributed by atoms with van der Waals surface area (Å²) in [5.74, 6) is 0.232. The molecule has 0 spiro atoms. The fraction of sp³-hybridized carbons (Fsp3) is 0.462. The Hall–Kier alpha value is -1.55. The Morgan fingerprint density at radius 3 is 2.24 bits per heavy atom. The highest BCUT2D eigenvalue weighted by Gasteiger charge is 2.19. The summed E-state index contributed by atoms with van der Waals surface area (Å²) in [6.07, 6.45) is -1.27. The summed E-state index contributed by atoms with van der Waals surface area (Å²) >= 11 is 0. The molecular weight excluding hydrogens is 220 g/mol. The number of methoxy groups -OCH3 is 2. The van der Waals surface area contributed by atoms with E-state index in [1.807, 2.05) is 19.9 Å². The number of carbonyl (C=O) groups is 1. The number of esters is 1. The Balaban J connectivity index is 3.14. The van der Waals surface area contributed by atoms with Gasteiger partial charge in [0.25, 0.3) is 0 Å².